The molecule has 0 atom stereocenters. The van der Waals surface area contributed by atoms with Crippen LogP contribution in [0.5, 0.6) is 0 Å². The fourth-order valence-electron chi connectivity index (χ4n) is 8.98. The van der Waals surface area contributed by atoms with Crippen molar-refractivity contribution in [2.75, 3.05) is 0 Å². The number of hydrogen-bond acceptors (Lipinski definition) is 3. The average Bonchev–Trinajstić information content (AvgIpc) is 3.75. The second kappa shape index (κ2) is 13.4. The van der Waals surface area contributed by atoms with E-state index in [0.717, 1.165) is 27.9 Å². The van der Waals surface area contributed by atoms with Crippen LogP contribution in [-0.2, 0) is 5.41 Å². The van der Waals surface area contributed by atoms with E-state index >= 15 is 0 Å². The largest absolute Gasteiger partial charge is 0.309 e. The standard InChI is InChI=1S/C54H38N4/c1-54(2)46-23-13-12-21-43(46)44-33-39(29-31-47(44)54)40-30-32-48-45(34-40)50-42(22-14-24-49(50)58(48)41-19-10-5-11-20-41)35-25-27-38(28-26-35)53-56-51(36-15-6-3-7-16-36)55-52(57-53)37-17-8-4-9-18-37/h3-34H,1-2H3. The van der Waals surface area contributed by atoms with E-state index in [4.69, 9.17) is 15.0 Å². The summed E-state index contributed by atoms with van der Waals surface area (Å²) in [7, 11) is 0. The molecule has 274 valence electrons. The predicted molar refractivity (Wildman–Crippen MR) is 239 cm³/mol. The summed E-state index contributed by atoms with van der Waals surface area (Å²) in [6.07, 6.45) is 0. The van der Waals surface area contributed by atoms with Gasteiger partial charge in [0.05, 0.1) is 11.0 Å². The average molecular weight is 743 g/mol. The van der Waals surface area contributed by atoms with Crippen LogP contribution in [0.4, 0.5) is 0 Å². The molecule has 58 heavy (non-hydrogen) atoms. The summed E-state index contributed by atoms with van der Waals surface area (Å²) in [6, 6.07) is 69.1. The molecule has 0 spiro atoms. The maximum Gasteiger partial charge on any atom is 0.164 e. The second-order valence-electron chi connectivity index (χ2n) is 15.6. The van der Waals surface area contributed by atoms with Gasteiger partial charge >= 0.3 is 0 Å². The molecule has 11 rings (SSSR count). The number of fused-ring (bicyclic) bond motifs is 6. The molecule has 2 aromatic heterocycles. The molecule has 1 aliphatic carbocycles. The van der Waals surface area contributed by atoms with Gasteiger partial charge < -0.3 is 4.57 Å². The van der Waals surface area contributed by atoms with E-state index in [1.807, 2.05) is 60.7 Å². The lowest BCUT2D eigenvalue weighted by molar-refractivity contribution is 0.660. The third-order valence-corrected chi connectivity index (χ3v) is 11.9. The van der Waals surface area contributed by atoms with E-state index in [-0.39, 0.29) is 5.41 Å². The highest BCUT2D eigenvalue weighted by atomic mass is 15.0. The number of aromatic nitrogens is 4. The third-order valence-electron chi connectivity index (χ3n) is 11.9. The molecule has 0 saturated heterocycles. The van der Waals surface area contributed by atoms with Crippen molar-refractivity contribution in [2.24, 2.45) is 0 Å². The minimum Gasteiger partial charge on any atom is -0.309 e. The van der Waals surface area contributed by atoms with Crippen molar-refractivity contribution in [3.63, 3.8) is 0 Å². The van der Waals surface area contributed by atoms with Gasteiger partial charge in [0.1, 0.15) is 0 Å². The number of para-hydroxylation sites is 1. The predicted octanol–water partition coefficient (Wildman–Crippen LogP) is 13.6. The van der Waals surface area contributed by atoms with Gasteiger partial charge in [0.15, 0.2) is 17.5 Å². The maximum atomic E-state index is 4.98. The van der Waals surface area contributed by atoms with Gasteiger partial charge in [0.25, 0.3) is 0 Å². The third kappa shape index (κ3) is 5.48. The Hall–Kier alpha value is -7.43. The molecule has 0 aliphatic heterocycles. The van der Waals surface area contributed by atoms with E-state index < -0.39 is 0 Å². The lowest BCUT2D eigenvalue weighted by Gasteiger charge is -2.21. The molecule has 4 nitrogen and oxygen atoms in total. The van der Waals surface area contributed by atoms with Crippen molar-refractivity contribution < 1.29 is 0 Å². The SMILES string of the molecule is CC1(C)c2ccccc2-c2cc(-c3ccc4c(c3)c3c(-c5ccc(-c6nc(-c7ccccc7)nc(-c7ccccc7)n6)cc5)cccc3n4-c3ccccc3)ccc21. The van der Waals surface area contributed by atoms with Gasteiger partial charge in [-0.15, -0.1) is 0 Å². The lowest BCUT2D eigenvalue weighted by atomic mass is 9.82. The summed E-state index contributed by atoms with van der Waals surface area (Å²) in [5.74, 6) is 1.95. The van der Waals surface area contributed by atoms with Crippen molar-refractivity contribution in [1.82, 2.24) is 19.5 Å². The van der Waals surface area contributed by atoms with E-state index in [0.29, 0.717) is 17.5 Å². The van der Waals surface area contributed by atoms with Gasteiger partial charge in [0.2, 0.25) is 0 Å². The van der Waals surface area contributed by atoms with Crippen LogP contribution in [-0.4, -0.2) is 19.5 Å². The van der Waals surface area contributed by atoms with Gasteiger partial charge in [-0.2, -0.15) is 0 Å². The zero-order chi connectivity index (χ0) is 38.8. The fraction of sp³-hybridized carbons (Fsp3) is 0.0556. The number of rotatable bonds is 6. The van der Waals surface area contributed by atoms with Gasteiger partial charge in [-0.25, -0.2) is 15.0 Å². The van der Waals surface area contributed by atoms with E-state index in [1.165, 1.54) is 60.8 Å². The molecular formula is C54H38N4. The van der Waals surface area contributed by atoms with Gasteiger partial charge in [-0.1, -0.05) is 172 Å². The minimum absolute atomic E-state index is 0.0279. The van der Waals surface area contributed by atoms with Crippen molar-refractivity contribution in [3.8, 4) is 73.2 Å². The molecule has 0 fully saturated rings. The molecule has 8 aromatic carbocycles. The quantitative estimate of drug-likeness (QED) is 0.170. The van der Waals surface area contributed by atoms with Crippen molar-refractivity contribution in [2.45, 2.75) is 19.3 Å². The first-order chi connectivity index (χ1) is 28.5. The maximum absolute atomic E-state index is 4.98. The number of nitrogens with zero attached hydrogens (tertiary/aromatic N) is 4. The zero-order valence-corrected chi connectivity index (χ0v) is 32.3. The molecule has 0 radical (unpaired) electrons. The van der Waals surface area contributed by atoms with Crippen LogP contribution in [0.1, 0.15) is 25.0 Å². The van der Waals surface area contributed by atoms with Crippen LogP contribution in [0.2, 0.25) is 0 Å². The molecule has 10 aromatic rings. The first-order valence-electron chi connectivity index (χ1n) is 19.9. The highest BCUT2D eigenvalue weighted by Crippen LogP contribution is 2.50. The van der Waals surface area contributed by atoms with Crippen molar-refractivity contribution in [1.29, 1.82) is 0 Å². The second-order valence-corrected chi connectivity index (χ2v) is 15.6. The van der Waals surface area contributed by atoms with Gasteiger partial charge in [-0.3, -0.25) is 0 Å². The summed E-state index contributed by atoms with van der Waals surface area (Å²) >= 11 is 0. The van der Waals surface area contributed by atoms with Gasteiger partial charge in [0, 0.05) is 38.6 Å². The van der Waals surface area contributed by atoms with Crippen LogP contribution in [0, 0.1) is 0 Å². The Morgan fingerprint density at radius 2 is 0.862 bits per heavy atom. The lowest BCUT2D eigenvalue weighted by Crippen LogP contribution is -2.14. The Bertz CT molecular complexity index is 3110. The fourth-order valence-corrected chi connectivity index (χ4v) is 8.98. The highest BCUT2D eigenvalue weighted by Gasteiger charge is 2.35. The van der Waals surface area contributed by atoms with Crippen LogP contribution < -0.4 is 0 Å². The number of benzene rings is 8. The molecule has 4 heteroatoms. The Kier molecular flexibility index (Phi) is 7.80. The van der Waals surface area contributed by atoms with E-state index in [2.05, 4.69) is 152 Å². The molecular weight excluding hydrogens is 705 g/mol. The summed E-state index contributed by atoms with van der Waals surface area (Å²) in [5.41, 5.74) is 16.5. The molecule has 1 aliphatic rings. The monoisotopic (exact) mass is 742 g/mol. The normalized spacial score (nSPS) is 12.8. The van der Waals surface area contributed by atoms with Crippen molar-refractivity contribution in [3.05, 3.63) is 205 Å². The molecule has 0 saturated carbocycles. The minimum atomic E-state index is -0.0279. The molecule has 0 N–H and O–H groups in total. The Morgan fingerprint density at radius 1 is 0.362 bits per heavy atom. The summed E-state index contributed by atoms with van der Waals surface area (Å²) in [5, 5.41) is 2.44. The summed E-state index contributed by atoms with van der Waals surface area (Å²) in [6.45, 7) is 4.67. The van der Waals surface area contributed by atoms with Crippen LogP contribution >= 0.6 is 0 Å². The highest BCUT2D eigenvalue weighted by molar-refractivity contribution is 6.16. The van der Waals surface area contributed by atoms with E-state index in [9.17, 15) is 0 Å². The van der Waals surface area contributed by atoms with Crippen LogP contribution in [0.25, 0.3) is 95.0 Å². The molecule has 0 bridgehead atoms. The molecule has 0 unspecified atom stereocenters. The number of hydrogen-bond donors (Lipinski definition) is 0. The van der Waals surface area contributed by atoms with Crippen molar-refractivity contribution >= 4 is 21.8 Å². The first kappa shape index (κ1) is 33.9. The van der Waals surface area contributed by atoms with Crippen LogP contribution in [0.3, 0.4) is 0 Å². The topological polar surface area (TPSA) is 43.6 Å². The Morgan fingerprint density at radius 3 is 1.53 bits per heavy atom. The van der Waals surface area contributed by atoms with Gasteiger partial charge in [-0.05, 0) is 80.9 Å². The zero-order valence-electron chi connectivity index (χ0n) is 32.3. The van der Waals surface area contributed by atoms with E-state index in [1.54, 1.807) is 0 Å². The molecule has 2 heterocycles. The Balaban J connectivity index is 1.06. The summed E-state index contributed by atoms with van der Waals surface area (Å²) < 4.78 is 2.40. The Labute approximate surface area is 337 Å². The smallest absolute Gasteiger partial charge is 0.164 e. The summed E-state index contributed by atoms with van der Waals surface area (Å²) in [4.78, 5) is 14.9. The van der Waals surface area contributed by atoms with Crippen LogP contribution in [0.15, 0.2) is 194 Å². The first-order valence-corrected chi connectivity index (χ1v) is 19.9. The molecule has 0 amide bonds.